The van der Waals surface area contributed by atoms with E-state index in [9.17, 15) is 4.79 Å². The second kappa shape index (κ2) is 3.69. The Balaban J connectivity index is 2.37. The predicted octanol–water partition coefficient (Wildman–Crippen LogP) is -0.472. The molecular weight excluding hydrogens is 146 g/mol. The van der Waals surface area contributed by atoms with Crippen molar-refractivity contribution in [1.29, 1.82) is 0 Å². The number of rotatable bonds is 3. The van der Waals surface area contributed by atoms with Crippen molar-refractivity contribution >= 4 is 5.97 Å². The fourth-order valence-electron chi connectivity index (χ4n) is 1.48. The molecule has 1 saturated heterocycles. The third kappa shape index (κ3) is 2.17. The second-order valence-corrected chi connectivity index (χ2v) is 2.84. The molecule has 1 aliphatic heterocycles. The Morgan fingerprint density at radius 2 is 2.36 bits per heavy atom. The molecule has 1 aliphatic rings. The number of hydrogen-bond donors (Lipinski definition) is 2. The number of carboxylic acids is 1. The molecule has 0 radical (unpaired) electrons. The van der Waals surface area contributed by atoms with Gasteiger partial charge in [0.15, 0.2) is 0 Å². The van der Waals surface area contributed by atoms with Crippen LogP contribution in [0.5, 0.6) is 0 Å². The molecule has 0 spiro atoms. The van der Waals surface area contributed by atoms with Crippen molar-refractivity contribution in [2.75, 3.05) is 19.7 Å². The van der Waals surface area contributed by atoms with Gasteiger partial charge in [-0.1, -0.05) is 0 Å². The van der Waals surface area contributed by atoms with Gasteiger partial charge in [0.05, 0.1) is 13.2 Å². The van der Waals surface area contributed by atoms with Crippen molar-refractivity contribution in [2.45, 2.75) is 18.9 Å². The number of hydrogen-bond acceptors (Lipinski definition) is 3. The van der Waals surface area contributed by atoms with E-state index in [-0.39, 0.29) is 19.2 Å². The first kappa shape index (κ1) is 8.49. The van der Waals surface area contributed by atoms with Gasteiger partial charge in [0.1, 0.15) is 0 Å². The van der Waals surface area contributed by atoms with E-state index < -0.39 is 5.97 Å². The lowest BCUT2D eigenvalue weighted by atomic mass is 10.2. The molecule has 1 atom stereocenters. The summed E-state index contributed by atoms with van der Waals surface area (Å²) in [5.41, 5.74) is 0. The van der Waals surface area contributed by atoms with Gasteiger partial charge < -0.3 is 10.2 Å². The average molecular weight is 159 g/mol. The van der Waals surface area contributed by atoms with E-state index in [1.807, 2.05) is 4.90 Å². The van der Waals surface area contributed by atoms with Crippen molar-refractivity contribution < 1.29 is 15.0 Å². The molecule has 64 valence electrons. The van der Waals surface area contributed by atoms with E-state index in [0.29, 0.717) is 0 Å². The Bertz CT molecular complexity index is 149. The Labute approximate surface area is 65.4 Å². The third-order valence-electron chi connectivity index (χ3n) is 2.05. The highest BCUT2D eigenvalue weighted by molar-refractivity contribution is 5.69. The molecule has 0 saturated carbocycles. The summed E-state index contributed by atoms with van der Waals surface area (Å²) >= 11 is 0. The molecule has 0 bridgehead atoms. The highest BCUT2D eigenvalue weighted by Gasteiger charge is 2.24. The third-order valence-corrected chi connectivity index (χ3v) is 2.05. The van der Waals surface area contributed by atoms with E-state index >= 15 is 0 Å². The first-order valence-electron chi connectivity index (χ1n) is 3.80. The molecule has 4 heteroatoms. The molecule has 2 N–H and O–H groups in total. The highest BCUT2D eigenvalue weighted by Crippen LogP contribution is 2.15. The largest absolute Gasteiger partial charge is 0.480 e. The minimum absolute atomic E-state index is 0.0607. The molecule has 11 heavy (non-hydrogen) atoms. The van der Waals surface area contributed by atoms with Crippen molar-refractivity contribution in [3.8, 4) is 0 Å². The molecule has 0 aromatic carbocycles. The van der Waals surface area contributed by atoms with Crippen molar-refractivity contribution in [3.63, 3.8) is 0 Å². The van der Waals surface area contributed by atoms with Crippen LogP contribution in [0, 0.1) is 0 Å². The van der Waals surface area contributed by atoms with Gasteiger partial charge in [-0.05, 0) is 19.4 Å². The number of aliphatic hydroxyl groups is 1. The zero-order valence-electron chi connectivity index (χ0n) is 6.36. The molecule has 4 nitrogen and oxygen atoms in total. The van der Waals surface area contributed by atoms with Crippen LogP contribution in [0.15, 0.2) is 0 Å². The lowest BCUT2D eigenvalue weighted by molar-refractivity contribution is -0.138. The number of carboxylic acid groups (broad SMARTS) is 1. The van der Waals surface area contributed by atoms with Crippen LogP contribution >= 0.6 is 0 Å². The lowest BCUT2D eigenvalue weighted by Gasteiger charge is -2.19. The van der Waals surface area contributed by atoms with Gasteiger partial charge in [-0.3, -0.25) is 9.69 Å². The zero-order chi connectivity index (χ0) is 8.27. The second-order valence-electron chi connectivity index (χ2n) is 2.84. The zero-order valence-corrected chi connectivity index (χ0v) is 6.36. The van der Waals surface area contributed by atoms with Crippen LogP contribution in [-0.2, 0) is 4.79 Å². The van der Waals surface area contributed by atoms with Gasteiger partial charge in [-0.15, -0.1) is 0 Å². The van der Waals surface area contributed by atoms with E-state index in [1.165, 1.54) is 0 Å². The quantitative estimate of drug-likeness (QED) is 0.584. The first-order valence-corrected chi connectivity index (χ1v) is 3.80. The summed E-state index contributed by atoms with van der Waals surface area (Å²) in [5.74, 6) is -0.814. The average Bonchev–Trinajstić information content (AvgIpc) is 2.34. The SMILES string of the molecule is O=C(O)CN1CCC[C@H]1CO. The van der Waals surface area contributed by atoms with Crippen LogP contribution in [0.25, 0.3) is 0 Å². The predicted molar refractivity (Wildman–Crippen MR) is 39.3 cm³/mol. The summed E-state index contributed by atoms with van der Waals surface area (Å²) in [6.45, 7) is 0.941. The Morgan fingerprint density at radius 3 is 2.91 bits per heavy atom. The molecule has 1 fully saturated rings. The number of aliphatic hydroxyl groups excluding tert-OH is 1. The van der Waals surface area contributed by atoms with Crippen LogP contribution < -0.4 is 0 Å². The van der Waals surface area contributed by atoms with Crippen molar-refractivity contribution in [2.24, 2.45) is 0 Å². The van der Waals surface area contributed by atoms with Crippen LogP contribution in [0.4, 0.5) is 0 Å². The van der Waals surface area contributed by atoms with Crippen LogP contribution in [0.2, 0.25) is 0 Å². The van der Waals surface area contributed by atoms with E-state index in [2.05, 4.69) is 0 Å². The monoisotopic (exact) mass is 159 g/mol. The van der Waals surface area contributed by atoms with Crippen molar-refractivity contribution in [1.82, 2.24) is 4.90 Å². The smallest absolute Gasteiger partial charge is 0.317 e. The summed E-state index contributed by atoms with van der Waals surface area (Å²) in [7, 11) is 0. The normalized spacial score (nSPS) is 25.7. The number of likely N-dealkylation sites (tertiary alicyclic amines) is 1. The number of nitrogens with zero attached hydrogens (tertiary/aromatic N) is 1. The van der Waals surface area contributed by atoms with Crippen LogP contribution in [0.3, 0.4) is 0 Å². The Morgan fingerprint density at radius 1 is 1.64 bits per heavy atom. The Hall–Kier alpha value is -0.610. The molecule has 0 aromatic rings. The van der Waals surface area contributed by atoms with E-state index in [4.69, 9.17) is 10.2 Å². The minimum Gasteiger partial charge on any atom is -0.480 e. The van der Waals surface area contributed by atoms with Crippen molar-refractivity contribution in [3.05, 3.63) is 0 Å². The fourth-order valence-corrected chi connectivity index (χ4v) is 1.48. The molecule has 1 heterocycles. The molecule has 0 unspecified atom stereocenters. The summed E-state index contributed by atoms with van der Waals surface area (Å²) in [6.07, 6.45) is 1.92. The molecule has 1 rings (SSSR count). The van der Waals surface area contributed by atoms with Crippen LogP contribution in [0.1, 0.15) is 12.8 Å². The van der Waals surface area contributed by atoms with Gasteiger partial charge in [0.25, 0.3) is 0 Å². The van der Waals surface area contributed by atoms with Gasteiger partial charge >= 0.3 is 5.97 Å². The highest BCUT2D eigenvalue weighted by atomic mass is 16.4. The molecule has 0 aromatic heterocycles. The maximum absolute atomic E-state index is 10.3. The van der Waals surface area contributed by atoms with Gasteiger partial charge in [-0.25, -0.2) is 0 Å². The number of carbonyl (C=O) groups is 1. The van der Waals surface area contributed by atoms with E-state index in [1.54, 1.807) is 0 Å². The summed E-state index contributed by atoms with van der Waals surface area (Å²) < 4.78 is 0. The summed E-state index contributed by atoms with van der Waals surface area (Å²) in [6, 6.07) is 0.0751. The molecule has 0 amide bonds. The van der Waals surface area contributed by atoms with Gasteiger partial charge in [0.2, 0.25) is 0 Å². The standard InChI is InChI=1S/C7H13NO3/c9-5-6-2-1-3-8(6)4-7(10)11/h6,9H,1-5H2,(H,10,11)/t6-/m0/s1. The maximum Gasteiger partial charge on any atom is 0.317 e. The summed E-state index contributed by atoms with van der Waals surface area (Å²) in [5, 5.41) is 17.3. The topological polar surface area (TPSA) is 60.8 Å². The minimum atomic E-state index is -0.814. The summed E-state index contributed by atoms with van der Waals surface area (Å²) in [4.78, 5) is 12.1. The lowest BCUT2D eigenvalue weighted by Crippen LogP contribution is -2.36. The molecular formula is C7H13NO3. The number of aliphatic carboxylic acids is 1. The first-order chi connectivity index (χ1) is 5.24. The van der Waals surface area contributed by atoms with E-state index in [0.717, 1.165) is 19.4 Å². The van der Waals surface area contributed by atoms with Gasteiger partial charge in [-0.2, -0.15) is 0 Å². The Kier molecular flexibility index (Phi) is 2.84. The molecule has 0 aliphatic carbocycles. The van der Waals surface area contributed by atoms with Crippen LogP contribution in [-0.4, -0.2) is 46.8 Å². The fraction of sp³-hybridized carbons (Fsp3) is 0.857. The maximum atomic E-state index is 10.3. The van der Waals surface area contributed by atoms with Gasteiger partial charge in [0, 0.05) is 6.04 Å².